The number of hydrogen-bond donors (Lipinski definition) is 0. The summed E-state index contributed by atoms with van der Waals surface area (Å²) in [6.45, 7) is 2.69. The molecule has 7 heteroatoms. The van der Waals surface area contributed by atoms with Gasteiger partial charge in [-0.25, -0.2) is 9.89 Å². The molecule has 3 aromatic carbocycles. The van der Waals surface area contributed by atoms with Crippen LogP contribution in [0.2, 0.25) is 0 Å². The van der Waals surface area contributed by atoms with Gasteiger partial charge in [0.15, 0.2) is 5.17 Å². The number of amides is 2. The molecule has 0 spiro atoms. The van der Waals surface area contributed by atoms with Crippen LogP contribution in [0.5, 0.6) is 0 Å². The van der Waals surface area contributed by atoms with Crippen molar-refractivity contribution in [1.82, 2.24) is 4.90 Å². The molecule has 3 aliphatic heterocycles. The Hall–Kier alpha value is -3.71. The van der Waals surface area contributed by atoms with Gasteiger partial charge in [-0.3, -0.25) is 14.6 Å². The smallest absolute Gasteiger partial charge is 0.259 e. The molecule has 3 aliphatic rings. The van der Waals surface area contributed by atoms with Crippen LogP contribution in [0.15, 0.2) is 88.8 Å². The number of hydrogen-bond acceptors (Lipinski definition) is 5. The number of fused-ring (bicyclic) bond motifs is 4. The number of benzene rings is 3. The van der Waals surface area contributed by atoms with E-state index in [1.54, 1.807) is 4.90 Å². The van der Waals surface area contributed by atoms with Gasteiger partial charge in [-0.15, -0.1) is 0 Å². The lowest BCUT2D eigenvalue weighted by Crippen LogP contribution is -2.44. The molecule has 6 nitrogen and oxygen atoms in total. The zero-order chi connectivity index (χ0) is 24.6. The average Bonchev–Trinajstić information content (AvgIpc) is 3.49. The molecule has 36 heavy (non-hydrogen) atoms. The lowest BCUT2D eigenvalue weighted by atomic mass is 10.1. The van der Waals surface area contributed by atoms with E-state index in [-0.39, 0.29) is 17.1 Å². The number of thioether (sulfide) groups is 1. The first kappa shape index (κ1) is 22.7. The number of carbonyl (C=O) groups excluding carboxylic acids is 2. The van der Waals surface area contributed by atoms with Crippen LogP contribution in [0.1, 0.15) is 30.0 Å². The first-order chi connectivity index (χ1) is 17.6. The average molecular weight is 495 g/mol. The summed E-state index contributed by atoms with van der Waals surface area (Å²) in [5.74, 6) is 0.589. The largest absolute Gasteiger partial charge is 0.311 e. The Bertz CT molecular complexity index is 1400. The fourth-order valence-corrected chi connectivity index (χ4v) is 6.11. The normalized spacial score (nSPS) is 18.8. The van der Waals surface area contributed by atoms with Crippen molar-refractivity contribution in [2.45, 2.75) is 37.5 Å². The van der Waals surface area contributed by atoms with E-state index in [0.29, 0.717) is 30.4 Å². The summed E-state index contributed by atoms with van der Waals surface area (Å²) >= 11 is 1.37. The predicted molar refractivity (Wildman–Crippen MR) is 145 cm³/mol. The second-order valence-electron chi connectivity index (χ2n) is 9.13. The third-order valence-corrected chi connectivity index (χ3v) is 8.17. The van der Waals surface area contributed by atoms with Gasteiger partial charge in [-0.05, 0) is 42.2 Å². The van der Waals surface area contributed by atoms with Crippen molar-refractivity contribution >= 4 is 46.0 Å². The van der Waals surface area contributed by atoms with Crippen LogP contribution in [-0.4, -0.2) is 45.6 Å². The van der Waals surface area contributed by atoms with Crippen molar-refractivity contribution < 1.29 is 9.59 Å². The molecule has 0 radical (unpaired) electrons. The van der Waals surface area contributed by atoms with Gasteiger partial charge in [0, 0.05) is 24.2 Å². The number of carbonyl (C=O) groups is 2. The van der Waals surface area contributed by atoms with Gasteiger partial charge < -0.3 is 4.90 Å². The molecule has 0 aliphatic carbocycles. The zero-order valence-corrected chi connectivity index (χ0v) is 20.8. The maximum Gasteiger partial charge on any atom is 0.259 e. The van der Waals surface area contributed by atoms with Crippen LogP contribution >= 0.6 is 11.8 Å². The molecular weight excluding hydrogens is 468 g/mol. The summed E-state index contributed by atoms with van der Waals surface area (Å²) in [5.41, 5.74) is 4.87. The summed E-state index contributed by atoms with van der Waals surface area (Å²) in [4.78, 5) is 40.5. The summed E-state index contributed by atoms with van der Waals surface area (Å²) in [6.07, 6.45) is 2.02. The molecule has 3 heterocycles. The minimum atomic E-state index is -0.513. The highest BCUT2D eigenvalue weighted by Gasteiger charge is 2.43. The molecule has 0 bridgehead atoms. The standard InChI is InChI=1S/C29H26N4O2S/c1-2-25(28(35)32-17-16-20-12-6-9-15-24(20)32)36-29-31-22-14-8-7-13-21(22)26-30-23(27(34)33(26)29)18-19-10-4-3-5-11-19/h3-15,23,25H,2,16-18H2,1H3/t23-,25-/m0/s1. The Morgan fingerprint density at radius 1 is 1.03 bits per heavy atom. The molecule has 0 saturated heterocycles. The van der Waals surface area contributed by atoms with Gasteiger partial charge in [0.2, 0.25) is 5.91 Å². The van der Waals surface area contributed by atoms with E-state index in [4.69, 9.17) is 9.98 Å². The summed E-state index contributed by atoms with van der Waals surface area (Å²) in [5, 5.41) is 0.170. The van der Waals surface area contributed by atoms with Gasteiger partial charge in [0.1, 0.15) is 11.9 Å². The first-order valence-corrected chi connectivity index (χ1v) is 13.2. The van der Waals surface area contributed by atoms with E-state index < -0.39 is 6.04 Å². The van der Waals surface area contributed by atoms with E-state index in [1.807, 2.05) is 84.6 Å². The molecular formula is C29H26N4O2S. The summed E-state index contributed by atoms with van der Waals surface area (Å²) in [6, 6.07) is 25.3. The molecule has 2 atom stereocenters. The molecule has 3 aromatic rings. The van der Waals surface area contributed by atoms with E-state index in [9.17, 15) is 9.59 Å². The van der Waals surface area contributed by atoms with Crippen molar-refractivity contribution in [1.29, 1.82) is 0 Å². The fourth-order valence-electron chi connectivity index (χ4n) is 5.03. The van der Waals surface area contributed by atoms with Crippen molar-refractivity contribution in [2.75, 3.05) is 11.4 Å². The number of para-hydroxylation sites is 2. The third-order valence-electron chi connectivity index (χ3n) is 6.87. The van der Waals surface area contributed by atoms with E-state index in [2.05, 4.69) is 6.07 Å². The van der Waals surface area contributed by atoms with E-state index in [0.717, 1.165) is 28.9 Å². The predicted octanol–water partition coefficient (Wildman–Crippen LogP) is 4.99. The van der Waals surface area contributed by atoms with Gasteiger partial charge >= 0.3 is 0 Å². The highest BCUT2D eigenvalue weighted by molar-refractivity contribution is 8.15. The van der Waals surface area contributed by atoms with Crippen LogP contribution < -0.4 is 4.90 Å². The molecule has 0 N–H and O–H groups in total. The quantitative estimate of drug-likeness (QED) is 0.502. The second kappa shape index (κ2) is 9.39. The van der Waals surface area contributed by atoms with Crippen molar-refractivity contribution in [3.05, 3.63) is 95.6 Å². The van der Waals surface area contributed by atoms with Crippen LogP contribution in [0.25, 0.3) is 0 Å². The molecule has 0 aromatic heterocycles. The van der Waals surface area contributed by atoms with Gasteiger partial charge in [0.25, 0.3) is 5.91 Å². The number of amidine groups is 2. The lowest BCUT2D eigenvalue weighted by molar-refractivity contribution is -0.124. The molecule has 0 saturated carbocycles. The molecule has 180 valence electrons. The molecule has 0 unspecified atom stereocenters. The third kappa shape index (κ3) is 3.93. The molecule has 6 rings (SSSR count). The Kier molecular flexibility index (Phi) is 5.93. The second-order valence-corrected chi connectivity index (χ2v) is 10.3. The number of rotatable bonds is 5. The van der Waals surface area contributed by atoms with Gasteiger partial charge in [-0.2, -0.15) is 0 Å². The van der Waals surface area contributed by atoms with Crippen molar-refractivity contribution in [3.8, 4) is 0 Å². The molecule has 2 amide bonds. The monoisotopic (exact) mass is 494 g/mol. The topological polar surface area (TPSA) is 65.3 Å². The lowest BCUT2D eigenvalue weighted by Gasteiger charge is -2.29. The van der Waals surface area contributed by atoms with Gasteiger partial charge in [-0.1, -0.05) is 79.3 Å². The molecule has 0 fully saturated rings. The van der Waals surface area contributed by atoms with Crippen LogP contribution in [0.3, 0.4) is 0 Å². The Morgan fingerprint density at radius 2 is 1.78 bits per heavy atom. The minimum Gasteiger partial charge on any atom is -0.311 e. The highest BCUT2D eigenvalue weighted by Crippen LogP contribution is 2.37. The first-order valence-electron chi connectivity index (χ1n) is 12.3. The van der Waals surface area contributed by atoms with Crippen molar-refractivity contribution in [3.63, 3.8) is 0 Å². The van der Waals surface area contributed by atoms with Crippen LogP contribution in [-0.2, 0) is 22.4 Å². The number of nitrogens with zero attached hydrogens (tertiary/aromatic N) is 4. The van der Waals surface area contributed by atoms with Crippen LogP contribution in [0.4, 0.5) is 11.4 Å². The summed E-state index contributed by atoms with van der Waals surface area (Å²) < 4.78 is 0. The maximum atomic E-state index is 13.7. The van der Waals surface area contributed by atoms with Gasteiger partial charge in [0.05, 0.1) is 10.9 Å². The minimum absolute atomic E-state index is 0.0555. The Labute approximate surface area is 214 Å². The highest BCUT2D eigenvalue weighted by atomic mass is 32.2. The van der Waals surface area contributed by atoms with E-state index >= 15 is 0 Å². The number of anilines is 1. The van der Waals surface area contributed by atoms with E-state index in [1.165, 1.54) is 17.3 Å². The van der Waals surface area contributed by atoms with Crippen LogP contribution in [0, 0.1) is 0 Å². The SMILES string of the molecule is CC[C@H](SC1=Nc2ccccc2C2=N[C@@H](Cc3ccccc3)C(=O)N12)C(=O)N1CCc2ccccc21. The Balaban J connectivity index is 1.31. The zero-order valence-electron chi connectivity index (χ0n) is 20.0. The fraction of sp³-hybridized carbons (Fsp3) is 0.241. The van der Waals surface area contributed by atoms with Crippen molar-refractivity contribution in [2.24, 2.45) is 9.98 Å². The summed E-state index contributed by atoms with van der Waals surface area (Å²) in [7, 11) is 0. The maximum absolute atomic E-state index is 13.7. The number of aliphatic imine (C=N–C) groups is 2. The Morgan fingerprint density at radius 3 is 2.61 bits per heavy atom.